The van der Waals surface area contributed by atoms with Crippen LogP contribution in [0.5, 0.6) is 0 Å². The number of hydrogen-bond acceptors (Lipinski definition) is 5. The van der Waals surface area contributed by atoms with E-state index in [0.29, 0.717) is 24.2 Å². The van der Waals surface area contributed by atoms with E-state index < -0.39 is 11.7 Å². The van der Waals surface area contributed by atoms with Crippen LogP contribution in [-0.2, 0) is 11.2 Å². The molecule has 4 N–H and O–H groups in total. The molecule has 3 aromatic rings. The number of carbonyl (C=O) groups is 2. The number of benzene rings is 1. The summed E-state index contributed by atoms with van der Waals surface area (Å²) >= 11 is 0. The van der Waals surface area contributed by atoms with E-state index in [2.05, 4.69) is 20.6 Å². The van der Waals surface area contributed by atoms with Crippen molar-refractivity contribution in [1.29, 1.82) is 0 Å². The van der Waals surface area contributed by atoms with Crippen molar-refractivity contribution in [2.75, 3.05) is 16.4 Å². The number of nitrogens with two attached hydrogens (primary N) is 1. The van der Waals surface area contributed by atoms with Crippen LogP contribution in [0.4, 0.5) is 21.5 Å². The average molecular weight is 407 g/mol. The predicted octanol–water partition coefficient (Wildman–Crippen LogP) is 3.72. The second-order valence-electron chi connectivity index (χ2n) is 6.83. The molecule has 0 unspecified atom stereocenters. The summed E-state index contributed by atoms with van der Waals surface area (Å²) in [5.41, 5.74) is 8.79. The third-order valence-electron chi connectivity index (χ3n) is 4.38. The van der Waals surface area contributed by atoms with Gasteiger partial charge in [0, 0.05) is 18.3 Å². The Bertz CT molecular complexity index is 1040. The van der Waals surface area contributed by atoms with E-state index in [1.165, 1.54) is 24.4 Å². The zero-order valence-electron chi connectivity index (χ0n) is 16.5. The van der Waals surface area contributed by atoms with Crippen LogP contribution in [0.2, 0.25) is 0 Å². The second kappa shape index (κ2) is 9.60. The number of rotatable bonds is 7. The number of hydrogen-bond donors (Lipinski definition) is 3. The van der Waals surface area contributed by atoms with Crippen LogP contribution in [0.1, 0.15) is 34.6 Å². The number of pyridine rings is 2. The summed E-state index contributed by atoms with van der Waals surface area (Å²) in [7, 11) is 0. The molecule has 0 bridgehead atoms. The van der Waals surface area contributed by atoms with Crippen LogP contribution < -0.4 is 16.4 Å². The Kier molecular flexibility index (Phi) is 6.69. The van der Waals surface area contributed by atoms with Crippen LogP contribution in [0.15, 0.2) is 54.9 Å². The highest BCUT2D eigenvalue weighted by Gasteiger charge is 2.11. The van der Waals surface area contributed by atoms with E-state index in [0.717, 1.165) is 23.7 Å². The fourth-order valence-electron chi connectivity index (χ4n) is 2.76. The summed E-state index contributed by atoms with van der Waals surface area (Å²) < 4.78 is 13.1. The number of anilines is 3. The maximum atomic E-state index is 13.1. The van der Waals surface area contributed by atoms with E-state index in [9.17, 15) is 14.0 Å². The number of halogens is 1. The molecule has 0 aliphatic heterocycles. The smallest absolute Gasteiger partial charge is 0.274 e. The second-order valence-corrected chi connectivity index (χ2v) is 6.83. The standard InChI is InChI=1S/C22H22FN5O2/c1-14-5-6-15(12-25-14)3-2-4-21(29)27-17-8-10-20(26-13-17)22(30)28-19-9-7-16(23)11-18(19)24/h5-13H,2-4,24H2,1H3,(H,27,29)(H,28,30). The topological polar surface area (TPSA) is 110 Å². The monoisotopic (exact) mass is 407 g/mol. The zero-order chi connectivity index (χ0) is 21.5. The Morgan fingerprint density at radius 2 is 1.87 bits per heavy atom. The van der Waals surface area contributed by atoms with Gasteiger partial charge in [-0.1, -0.05) is 6.07 Å². The molecule has 0 radical (unpaired) electrons. The molecule has 2 aromatic heterocycles. The van der Waals surface area contributed by atoms with E-state index in [1.807, 2.05) is 25.3 Å². The van der Waals surface area contributed by atoms with Gasteiger partial charge in [-0.3, -0.25) is 14.6 Å². The molecule has 0 saturated heterocycles. The highest BCUT2D eigenvalue weighted by atomic mass is 19.1. The molecule has 0 fully saturated rings. The highest BCUT2D eigenvalue weighted by Crippen LogP contribution is 2.20. The summed E-state index contributed by atoms with van der Waals surface area (Å²) in [6, 6.07) is 10.7. The first kappa shape index (κ1) is 20.9. The van der Waals surface area contributed by atoms with Gasteiger partial charge in [-0.25, -0.2) is 9.37 Å². The summed E-state index contributed by atoms with van der Waals surface area (Å²) in [5.74, 6) is -1.11. The first-order chi connectivity index (χ1) is 14.4. The SMILES string of the molecule is Cc1ccc(CCCC(=O)Nc2ccc(C(=O)Nc3ccc(F)cc3N)nc2)cn1. The molecule has 0 atom stereocenters. The van der Waals surface area contributed by atoms with Crippen molar-refractivity contribution in [2.45, 2.75) is 26.2 Å². The zero-order valence-corrected chi connectivity index (χ0v) is 16.5. The quantitative estimate of drug-likeness (QED) is 0.517. The number of aryl methyl sites for hydroxylation is 2. The fourth-order valence-corrected chi connectivity index (χ4v) is 2.76. The lowest BCUT2D eigenvalue weighted by Crippen LogP contribution is -2.16. The Labute approximate surface area is 173 Å². The maximum Gasteiger partial charge on any atom is 0.274 e. The summed E-state index contributed by atoms with van der Waals surface area (Å²) in [5, 5.41) is 5.33. The van der Waals surface area contributed by atoms with Gasteiger partial charge in [0.25, 0.3) is 5.91 Å². The molecule has 2 heterocycles. The summed E-state index contributed by atoms with van der Waals surface area (Å²) in [4.78, 5) is 32.7. The van der Waals surface area contributed by atoms with Gasteiger partial charge in [-0.2, -0.15) is 0 Å². The Balaban J connectivity index is 1.49. The van der Waals surface area contributed by atoms with Crippen LogP contribution in [0.3, 0.4) is 0 Å². The molecule has 0 aliphatic rings. The number of nitrogens with one attached hydrogen (secondary N) is 2. The minimum atomic E-state index is -0.488. The molecule has 0 aliphatic carbocycles. The van der Waals surface area contributed by atoms with E-state index in [4.69, 9.17) is 5.73 Å². The molecular formula is C22H22FN5O2. The van der Waals surface area contributed by atoms with Crippen molar-refractivity contribution in [1.82, 2.24) is 9.97 Å². The lowest BCUT2D eigenvalue weighted by molar-refractivity contribution is -0.116. The highest BCUT2D eigenvalue weighted by molar-refractivity contribution is 6.04. The summed E-state index contributed by atoms with van der Waals surface area (Å²) in [6.07, 6.45) is 5.05. The predicted molar refractivity (Wildman–Crippen MR) is 114 cm³/mol. The molecule has 3 rings (SSSR count). The van der Waals surface area contributed by atoms with Gasteiger partial charge in [0.2, 0.25) is 5.91 Å². The molecule has 0 spiro atoms. The van der Waals surface area contributed by atoms with E-state index in [1.54, 1.807) is 6.07 Å². The van der Waals surface area contributed by atoms with Crippen LogP contribution >= 0.6 is 0 Å². The average Bonchev–Trinajstić information content (AvgIpc) is 2.72. The van der Waals surface area contributed by atoms with Crippen LogP contribution in [0, 0.1) is 12.7 Å². The van der Waals surface area contributed by atoms with Crippen molar-refractivity contribution in [3.8, 4) is 0 Å². The van der Waals surface area contributed by atoms with Gasteiger partial charge in [0.05, 0.1) is 23.3 Å². The van der Waals surface area contributed by atoms with E-state index in [-0.39, 0.29) is 17.3 Å². The van der Waals surface area contributed by atoms with Crippen molar-refractivity contribution < 1.29 is 14.0 Å². The van der Waals surface area contributed by atoms with Gasteiger partial charge in [-0.15, -0.1) is 0 Å². The first-order valence-corrected chi connectivity index (χ1v) is 9.44. The molecule has 30 heavy (non-hydrogen) atoms. The van der Waals surface area contributed by atoms with E-state index >= 15 is 0 Å². The minimum absolute atomic E-state index is 0.119. The lowest BCUT2D eigenvalue weighted by atomic mass is 10.1. The summed E-state index contributed by atoms with van der Waals surface area (Å²) in [6.45, 7) is 1.93. The number of nitrogens with zero attached hydrogens (tertiary/aromatic N) is 2. The maximum absolute atomic E-state index is 13.1. The molecule has 8 heteroatoms. The van der Waals surface area contributed by atoms with Crippen molar-refractivity contribution in [3.63, 3.8) is 0 Å². The largest absolute Gasteiger partial charge is 0.397 e. The van der Waals surface area contributed by atoms with Crippen molar-refractivity contribution in [3.05, 3.63) is 77.6 Å². The number of carbonyl (C=O) groups excluding carboxylic acids is 2. The van der Waals surface area contributed by atoms with Crippen molar-refractivity contribution >= 4 is 28.9 Å². The van der Waals surface area contributed by atoms with Crippen LogP contribution in [0.25, 0.3) is 0 Å². The first-order valence-electron chi connectivity index (χ1n) is 9.44. The Morgan fingerprint density at radius 1 is 1.03 bits per heavy atom. The van der Waals surface area contributed by atoms with Gasteiger partial charge < -0.3 is 16.4 Å². The molecule has 154 valence electrons. The number of aromatic nitrogens is 2. The molecule has 7 nitrogen and oxygen atoms in total. The number of amides is 2. The molecule has 1 aromatic carbocycles. The molecule has 2 amide bonds. The van der Waals surface area contributed by atoms with Gasteiger partial charge in [0.15, 0.2) is 0 Å². The number of nitrogen functional groups attached to an aromatic ring is 1. The normalized spacial score (nSPS) is 10.5. The van der Waals surface area contributed by atoms with Gasteiger partial charge >= 0.3 is 0 Å². The van der Waals surface area contributed by atoms with Gasteiger partial charge in [-0.05, 0) is 61.7 Å². The molecular weight excluding hydrogens is 385 g/mol. The minimum Gasteiger partial charge on any atom is -0.397 e. The van der Waals surface area contributed by atoms with Crippen molar-refractivity contribution in [2.24, 2.45) is 0 Å². The Hall–Kier alpha value is -3.81. The third kappa shape index (κ3) is 5.84. The Morgan fingerprint density at radius 3 is 2.53 bits per heavy atom. The molecule has 0 saturated carbocycles. The third-order valence-corrected chi connectivity index (χ3v) is 4.38. The van der Waals surface area contributed by atoms with Crippen LogP contribution in [-0.4, -0.2) is 21.8 Å². The fraction of sp³-hybridized carbons (Fsp3) is 0.182. The lowest BCUT2D eigenvalue weighted by Gasteiger charge is -2.09. The van der Waals surface area contributed by atoms with Gasteiger partial charge in [0.1, 0.15) is 11.5 Å².